The van der Waals surface area contributed by atoms with E-state index in [1.807, 2.05) is 32.2 Å². The normalized spacial score (nSPS) is 13.0. The highest BCUT2D eigenvalue weighted by molar-refractivity contribution is 6.42. The largest absolute Gasteiger partial charge is 0.483 e. The number of rotatable bonds is 5. The van der Waals surface area contributed by atoms with Crippen LogP contribution in [0.15, 0.2) is 30.4 Å². The smallest absolute Gasteiger partial charge is 0.140 e. The lowest BCUT2D eigenvalue weighted by molar-refractivity contribution is 0.248. The van der Waals surface area contributed by atoms with E-state index < -0.39 is 0 Å². The Morgan fingerprint density at radius 3 is 2.81 bits per heavy atom. The van der Waals surface area contributed by atoms with Crippen LogP contribution >= 0.6 is 23.2 Å². The van der Waals surface area contributed by atoms with Crippen LogP contribution in [0.4, 0.5) is 0 Å². The molecule has 1 N–H and O–H groups in total. The molecular formula is C12H15Cl2NO. The zero-order valence-corrected chi connectivity index (χ0v) is 10.8. The molecule has 0 saturated heterocycles. The fourth-order valence-electron chi connectivity index (χ4n) is 1.30. The van der Waals surface area contributed by atoms with Gasteiger partial charge in [-0.3, -0.25) is 0 Å². The lowest BCUT2D eigenvalue weighted by Gasteiger charge is -2.16. The van der Waals surface area contributed by atoms with Crippen molar-refractivity contribution < 1.29 is 4.74 Å². The van der Waals surface area contributed by atoms with Crippen LogP contribution in [0.5, 0.6) is 5.75 Å². The zero-order valence-electron chi connectivity index (χ0n) is 9.34. The summed E-state index contributed by atoms with van der Waals surface area (Å²) in [6, 6.07) is 5.36. The Balaban J connectivity index is 2.80. The first-order valence-electron chi connectivity index (χ1n) is 5.07. The number of ether oxygens (including phenoxy) is 1. The van der Waals surface area contributed by atoms with Gasteiger partial charge in [0.2, 0.25) is 0 Å². The number of nitrogens with one attached hydrogen (secondary N) is 1. The molecule has 0 fully saturated rings. The van der Waals surface area contributed by atoms with Crippen molar-refractivity contribution in [2.45, 2.75) is 13.0 Å². The van der Waals surface area contributed by atoms with Crippen LogP contribution < -0.4 is 10.1 Å². The molecule has 0 bridgehead atoms. The Bertz CT molecular complexity index is 366. The van der Waals surface area contributed by atoms with Gasteiger partial charge in [-0.05, 0) is 32.2 Å². The van der Waals surface area contributed by atoms with Gasteiger partial charge in [0, 0.05) is 6.54 Å². The maximum Gasteiger partial charge on any atom is 0.140 e. The van der Waals surface area contributed by atoms with Crippen LogP contribution in [0, 0.1) is 0 Å². The van der Waals surface area contributed by atoms with Crippen LogP contribution in [0.25, 0.3) is 0 Å². The predicted molar refractivity (Wildman–Crippen MR) is 69.6 cm³/mol. The van der Waals surface area contributed by atoms with Crippen molar-refractivity contribution in [3.63, 3.8) is 0 Å². The molecule has 1 aromatic rings. The third-order valence-electron chi connectivity index (χ3n) is 2.01. The molecule has 0 heterocycles. The molecular weight excluding hydrogens is 245 g/mol. The quantitative estimate of drug-likeness (QED) is 0.817. The number of hydrogen-bond donors (Lipinski definition) is 1. The summed E-state index contributed by atoms with van der Waals surface area (Å²) in [6.45, 7) is 2.67. The molecule has 0 amide bonds. The first-order valence-corrected chi connectivity index (χ1v) is 5.82. The number of halogens is 2. The molecule has 1 atom stereocenters. The van der Waals surface area contributed by atoms with Crippen LogP contribution in [0.1, 0.15) is 6.92 Å². The van der Waals surface area contributed by atoms with Gasteiger partial charge in [-0.25, -0.2) is 0 Å². The molecule has 1 aromatic carbocycles. The maximum absolute atomic E-state index is 6.04. The maximum atomic E-state index is 6.04. The third-order valence-corrected chi connectivity index (χ3v) is 2.81. The second kappa shape index (κ2) is 6.79. The van der Waals surface area contributed by atoms with E-state index in [2.05, 4.69) is 5.32 Å². The van der Waals surface area contributed by atoms with E-state index in [1.165, 1.54) is 0 Å². The lowest BCUT2D eigenvalue weighted by Crippen LogP contribution is -2.27. The molecule has 0 spiro atoms. The minimum atomic E-state index is -0.0500. The Morgan fingerprint density at radius 2 is 2.19 bits per heavy atom. The topological polar surface area (TPSA) is 21.3 Å². The van der Waals surface area contributed by atoms with E-state index in [1.54, 1.807) is 12.1 Å². The molecule has 0 aromatic heterocycles. The highest BCUT2D eigenvalue weighted by atomic mass is 35.5. The van der Waals surface area contributed by atoms with Crippen molar-refractivity contribution in [2.24, 2.45) is 0 Å². The van der Waals surface area contributed by atoms with Gasteiger partial charge >= 0.3 is 0 Å². The van der Waals surface area contributed by atoms with Crippen LogP contribution in [-0.2, 0) is 0 Å². The molecule has 0 aliphatic carbocycles. The highest BCUT2D eigenvalue weighted by Crippen LogP contribution is 2.32. The summed E-state index contributed by atoms with van der Waals surface area (Å²) in [6.07, 6.45) is 3.86. The summed E-state index contributed by atoms with van der Waals surface area (Å²) < 4.78 is 5.74. The molecule has 1 rings (SSSR count). The van der Waals surface area contributed by atoms with Crippen molar-refractivity contribution >= 4 is 23.2 Å². The summed E-state index contributed by atoms with van der Waals surface area (Å²) in [5, 5.41) is 4.01. The first kappa shape index (κ1) is 13.4. The number of allylic oxidation sites excluding steroid dienone is 1. The molecule has 1 unspecified atom stereocenters. The van der Waals surface area contributed by atoms with Gasteiger partial charge in [-0.15, -0.1) is 0 Å². The molecule has 0 aliphatic heterocycles. The van der Waals surface area contributed by atoms with E-state index >= 15 is 0 Å². The average molecular weight is 260 g/mol. The summed E-state index contributed by atoms with van der Waals surface area (Å²) in [5.74, 6) is 0.604. The minimum Gasteiger partial charge on any atom is -0.483 e. The fraction of sp³-hybridized carbons (Fsp3) is 0.333. The Labute approximate surface area is 106 Å². The molecule has 88 valence electrons. The van der Waals surface area contributed by atoms with Crippen molar-refractivity contribution in [3.8, 4) is 5.75 Å². The molecule has 0 saturated carbocycles. The van der Waals surface area contributed by atoms with Gasteiger partial charge < -0.3 is 10.1 Å². The van der Waals surface area contributed by atoms with E-state index in [9.17, 15) is 0 Å². The van der Waals surface area contributed by atoms with Crippen molar-refractivity contribution in [3.05, 3.63) is 40.4 Å². The van der Waals surface area contributed by atoms with Gasteiger partial charge in [-0.2, -0.15) is 0 Å². The van der Waals surface area contributed by atoms with Crippen molar-refractivity contribution in [1.82, 2.24) is 5.32 Å². The Kier molecular flexibility index (Phi) is 5.67. The van der Waals surface area contributed by atoms with E-state index in [4.69, 9.17) is 27.9 Å². The van der Waals surface area contributed by atoms with E-state index in [0.29, 0.717) is 22.3 Å². The van der Waals surface area contributed by atoms with Gasteiger partial charge in [0.1, 0.15) is 16.9 Å². The SMILES string of the molecule is CC=CC(CNC)Oc1cccc(Cl)c1Cl. The van der Waals surface area contributed by atoms with Crippen LogP contribution in [0.3, 0.4) is 0 Å². The van der Waals surface area contributed by atoms with Crippen LogP contribution in [0.2, 0.25) is 10.0 Å². The zero-order chi connectivity index (χ0) is 12.0. The van der Waals surface area contributed by atoms with E-state index in [-0.39, 0.29) is 6.10 Å². The Hall–Kier alpha value is -0.700. The number of benzene rings is 1. The number of hydrogen-bond acceptors (Lipinski definition) is 2. The predicted octanol–water partition coefficient (Wildman–Crippen LogP) is 3.54. The minimum absolute atomic E-state index is 0.0500. The van der Waals surface area contributed by atoms with Crippen LogP contribution in [-0.4, -0.2) is 19.7 Å². The summed E-state index contributed by atoms with van der Waals surface area (Å²) in [4.78, 5) is 0. The summed E-state index contributed by atoms with van der Waals surface area (Å²) >= 11 is 11.9. The van der Waals surface area contributed by atoms with Gasteiger partial charge in [0.25, 0.3) is 0 Å². The molecule has 16 heavy (non-hydrogen) atoms. The van der Waals surface area contributed by atoms with Crippen molar-refractivity contribution in [2.75, 3.05) is 13.6 Å². The van der Waals surface area contributed by atoms with E-state index in [0.717, 1.165) is 0 Å². The van der Waals surface area contributed by atoms with Crippen molar-refractivity contribution in [1.29, 1.82) is 0 Å². The lowest BCUT2D eigenvalue weighted by atomic mass is 10.3. The van der Waals surface area contributed by atoms with Gasteiger partial charge in [0.05, 0.1) is 5.02 Å². The number of likely N-dealkylation sites (N-methyl/N-ethyl adjacent to an activating group) is 1. The highest BCUT2D eigenvalue weighted by Gasteiger charge is 2.10. The standard InChI is InChI=1S/C12H15Cl2NO/c1-3-5-9(8-15-2)16-11-7-4-6-10(13)12(11)14/h3-7,9,15H,8H2,1-2H3. The molecule has 4 heteroatoms. The monoisotopic (exact) mass is 259 g/mol. The van der Waals surface area contributed by atoms with Gasteiger partial charge in [0.15, 0.2) is 0 Å². The van der Waals surface area contributed by atoms with Gasteiger partial charge in [-0.1, -0.05) is 35.3 Å². The molecule has 0 aliphatic rings. The average Bonchev–Trinajstić information content (AvgIpc) is 2.25. The molecule has 0 radical (unpaired) electrons. The Morgan fingerprint density at radius 1 is 1.44 bits per heavy atom. The first-order chi connectivity index (χ1) is 7.69. The second-order valence-corrected chi connectivity index (χ2v) is 4.08. The second-order valence-electron chi connectivity index (χ2n) is 3.29. The third kappa shape index (κ3) is 3.71. The molecule has 2 nitrogen and oxygen atoms in total. The summed E-state index contributed by atoms with van der Waals surface area (Å²) in [7, 11) is 1.87. The summed E-state index contributed by atoms with van der Waals surface area (Å²) in [5.41, 5.74) is 0. The fourth-order valence-corrected chi connectivity index (χ4v) is 1.64.